The summed E-state index contributed by atoms with van der Waals surface area (Å²) in [6, 6.07) is 0. The van der Waals surface area contributed by atoms with Gasteiger partial charge in [0.1, 0.15) is 5.76 Å². The van der Waals surface area contributed by atoms with Crippen molar-refractivity contribution in [3.63, 3.8) is 0 Å². The van der Waals surface area contributed by atoms with E-state index in [1.807, 2.05) is 6.92 Å². The van der Waals surface area contributed by atoms with Crippen LogP contribution < -0.4 is 5.73 Å². The molecular formula is C11H18N2O. The number of aryl methyl sites for hydroxylation is 1. The lowest BCUT2D eigenvalue weighted by Crippen LogP contribution is -2.05. The van der Waals surface area contributed by atoms with E-state index in [0.29, 0.717) is 12.5 Å². The summed E-state index contributed by atoms with van der Waals surface area (Å²) >= 11 is 0. The van der Waals surface area contributed by atoms with Gasteiger partial charge in [-0.1, -0.05) is 19.3 Å². The van der Waals surface area contributed by atoms with Crippen LogP contribution in [0.2, 0.25) is 0 Å². The van der Waals surface area contributed by atoms with Crippen molar-refractivity contribution in [2.75, 3.05) is 0 Å². The molecule has 1 aromatic rings. The maximum atomic E-state index is 5.65. The van der Waals surface area contributed by atoms with Crippen molar-refractivity contribution in [1.29, 1.82) is 0 Å². The van der Waals surface area contributed by atoms with Gasteiger partial charge in [-0.25, -0.2) is 4.98 Å². The predicted octanol–water partition coefficient (Wildman–Crippen LogP) is 2.49. The molecule has 14 heavy (non-hydrogen) atoms. The number of hydrogen-bond donors (Lipinski definition) is 1. The highest BCUT2D eigenvalue weighted by Gasteiger charge is 2.21. The molecule has 1 aromatic heterocycles. The second kappa shape index (κ2) is 4.13. The Morgan fingerprint density at radius 3 is 2.64 bits per heavy atom. The Balaban J connectivity index is 2.14. The van der Waals surface area contributed by atoms with Crippen molar-refractivity contribution in [2.24, 2.45) is 5.73 Å². The smallest absolute Gasteiger partial charge is 0.197 e. The van der Waals surface area contributed by atoms with Gasteiger partial charge in [0.2, 0.25) is 0 Å². The van der Waals surface area contributed by atoms with E-state index in [0.717, 1.165) is 17.3 Å². The first-order chi connectivity index (χ1) is 6.81. The molecule has 1 aliphatic carbocycles. The fraction of sp³-hybridized carbons (Fsp3) is 0.727. The first kappa shape index (κ1) is 9.71. The number of nitrogens with zero attached hydrogens (tertiary/aromatic N) is 1. The molecule has 0 aromatic carbocycles. The third kappa shape index (κ3) is 1.82. The van der Waals surface area contributed by atoms with E-state index in [1.54, 1.807) is 0 Å². The van der Waals surface area contributed by atoms with E-state index in [4.69, 9.17) is 10.2 Å². The Morgan fingerprint density at radius 2 is 2.07 bits per heavy atom. The third-order valence-electron chi connectivity index (χ3n) is 3.06. The fourth-order valence-corrected chi connectivity index (χ4v) is 2.16. The van der Waals surface area contributed by atoms with Crippen LogP contribution in [0.25, 0.3) is 0 Å². The van der Waals surface area contributed by atoms with Gasteiger partial charge in [0.05, 0.1) is 5.69 Å². The highest BCUT2D eigenvalue weighted by atomic mass is 16.4. The van der Waals surface area contributed by atoms with Gasteiger partial charge in [-0.2, -0.15) is 0 Å². The van der Waals surface area contributed by atoms with E-state index in [1.165, 1.54) is 32.1 Å². The summed E-state index contributed by atoms with van der Waals surface area (Å²) in [6.45, 7) is 2.43. The Labute approximate surface area is 84.7 Å². The van der Waals surface area contributed by atoms with E-state index in [-0.39, 0.29) is 0 Å². The maximum absolute atomic E-state index is 5.65. The van der Waals surface area contributed by atoms with Crippen LogP contribution in [-0.2, 0) is 6.54 Å². The molecule has 0 amide bonds. The largest absolute Gasteiger partial charge is 0.445 e. The van der Waals surface area contributed by atoms with Crippen molar-refractivity contribution in [3.05, 3.63) is 17.3 Å². The molecule has 3 nitrogen and oxygen atoms in total. The molecule has 2 rings (SSSR count). The molecule has 0 atom stereocenters. The number of rotatable bonds is 2. The van der Waals surface area contributed by atoms with Crippen LogP contribution in [0.3, 0.4) is 0 Å². The minimum absolute atomic E-state index is 0.488. The molecule has 3 heteroatoms. The summed E-state index contributed by atoms with van der Waals surface area (Å²) in [4.78, 5) is 4.46. The van der Waals surface area contributed by atoms with E-state index >= 15 is 0 Å². The van der Waals surface area contributed by atoms with Crippen LogP contribution in [0.1, 0.15) is 55.4 Å². The Kier molecular flexibility index (Phi) is 2.87. The molecule has 2 N–H and O–H groups in total. The summed E-state index contributed by atoms with van der Waals surface area (Å²) in [5, 5.41) is 0. The van der Waals surface area contributed by atoms with Crippen molar-refractivity contribution in [3.8, 4) is 0 Å². The highest BCUT2D eigenvalue weighted by molar-refractivity contribution is 5.10. The van der Waals surface area contributed by atoms with Crippen molar-refractivity contribution >= 4 is 0 Å². The zero-order valence-electron chi connectivity index (χ0n) is 8.75. The maximum Gasteiger partial charge on any atom is 0.197 e. The minimum atomic E-state index is 0.488. The fourth-order valence-electron chi connectivity index (χ4n) is 2.16. The molecule has 1 fully saturated rings. The van der Waals surface area contributed by atoms with Crippen LogP contribution in [-0.4, -0.2) is 4.98 Å². The van der Waals surface area contributed by atoms with E-state index in [9.17, 15) is 0 Å². The lowest BCUT2D eigenvalue weighted by atomic mass is 9.89. The SMILES string of the molecule is Cc1oc(C2CCCCC2)nc1CN. The minimum Gasteiger partial charge on any atom is -0.445 e. The van der Waals surface area contributed by atoms with Crippen LogP contribution in [0.15, 0.2) is 4.42 Å². The van der Waals surface area contributed by atoms with Gasteiger partial charge in [0.15, 0.2) is 5.89 Å². The average molecular weight is 194 g/mol. The third-order valence-corrected chi connectivity index (χ3v) is 3.06. The second-order valence-electron chi connectivity index (χ2n) is 4.09. The predicted molar refractivity (Wildman–Crippen MR) is 55.0 cm³/mol. The number of nitrogens with two attached hydrogens (primary N) is 1. The van der Waals surface area contributed by atoms with Gasteiger partial charge in [0, 0.05) is 12.5 Å². The Morgan fingerprint density at radius 1 is 1.36 bits per heavy atom. The molecule has 0 spiro atoms. The van der Waals surface area contributed by atoms with Crippen molar-refractivity contribution in [2.45, 2.75) is 51.5 Å². The second-order valence-corrected chi connectivity index (χ2v) is 4.09. The monoisotopic (exact) mass is 194 g/mol. The number of hydrogen-bond acceptors (Lipinski definition) is 3. The van der Waals surface area contributed by atoms with Crippen LogP contribution in [0, 0.1) is 6.92 Å². The molecule has 0 radical (unpaired) electrons. The quantitative estimate of drug-likeness (QED) is 0.787. The molecule has 1 aliphatic rings. The number of aromatic nitrogens is 1. The first-order valence-corrected chi connectivity index (χ1v) is 5.47. The average Bonchev–Trinajstić information content (AvgIpc) is 2.61. The summed E-state index contributed by atoms with van der Waals surface area (Å²) in [6.07, 6.45) is 6.43. The van der Waals surface area contributed by atoms with Gasteiger partial charge >= 0.3 is 0 Å². The van der Waals surface area contributed by atoms with Gasteiger partial charge in [0.25, 0.3) is 0 Å². The van der Waals surface area contributed by atoms with Gasteiger partial charge in [-0.05, 0) is 19.8 Å². The molecule has 0 bridgehead atoms. The summed E-state index contributed by atoms with van der Waals surface area (Å²) < 4.78 is 5.65. The first-order valence-electron chi connectivity index (χ1n) is 5.47. The topological polar surface area (TPSA) is 52.0 Å². The molecule has 0 unspecified atom stereocenters. The van der Waals surface area contributed by atoms with Crippen molar-refractivity contribution in [1.82, 2.24) is 4.98 Å². The summed E-state index contributed by atoms with van der Waals surface area (Å²) in [5.74, 6) is 2.36. The zero-order chi connectivity index (χ0) is 9.97. The Hall–Kier alpha value is -0.830. The molecule has 1 heterocycles. The van der Waals surface area contributed by atoms with E-state index < -0.39 is 0 Å². The van der Waals surface area contributed by atoms with Gasteiger partial charge in [-0.15, -0.1) is 0 Å². The normalized spacial score (nSPS) is 18.7. The highest BCUT2D eigenvalue weighted by Crippen LogP contribution is 2.32. The van der Waals surface area contributed by atoms with E-state index in [2.05, 4.69) is 4.98 Å². The molecular weight excluding hydrogens is 176 g/mol. The molecule has 0 aliphatic heterocycles. The summed E-state index contributed by atoms with van der Waals surface area (Å²) in [5.41, 5.74) is 6.49. The molecule has 1 saturated carbocycles. The standard InChI is InChI=1S/C11H18N2O/c1-8-10(7-12)13-11(14-8)9-5-3-2-4-6-9/h9H,2-7,12H2,1H3. The molecule has 78 valence electrons. The van der Waals surface area contributed by atoms with Gasteiger partial charge < -0.3 is 10.2 Å². The zero-order valence-corrected chi connectivity index (χ0v) is 8.75. The Bertz CT molecular complexity index is 300. The molecule has 0 saturated heterocycles. The van der Waals surface area contributed by atoms with Crippen LogP contribution >= 0.6 is 0 Å². The lowest BCUT2D eigenvalue weighted by Gasteiger charge is -2.17. The van der Waals surface area contributed by atoms with Crippen molar-refractivity contribution < 1.29 is 4.42 Å². The lowest BCUT2D eigenvalue weighted by molar-refractivity contribution is 0.356. The van der Waals surface area contributed by atoms with Crippen LogP contribution in [0.5, 0.6) is 0 Å². The van der Waals surface area contributed by atoms with Crippen LogP contribution in [0.4, 0.5) is 0 Å². The summed E-state index contributed by atoms with van der Waals surface area (Å²) in [7, 11) is 0. The number of oxazole rings is 1. The van der Waals surface area contributed by atoms with Gasteiger partial charge in [-0.3, -0.25) is 0 Å².